The number of hydrogen-bond acceptors (Lipinski definition) is 4. The summed E-state index contributed by atoms with van der Waals surface area (Å²) in [4.78, 5) is 16.3. The highest BCUT2D eigenvalue weighted by Gasteiger charge is 2.27. The third kappa shape index (κ3) is 3.94. The van der Waals surface area contributed by atoms with Gasteiger partial charge in [0.1, 0.15) is 0 Å². The Kier molecular flexibility index (Phi) is 5.81. The van der Waals surface area contributed by atoms with Crippen molar-refractivity contribution in [1.82, 2.24) is 9.80 Å². The maximum atomic E-state index is 12.2. The van der Waals surface area contributed by atoms with Gasteiger partial charge in [0.05, 0.1) is 24.6 Å². The molecule has 0 N–H and O–H groups in total. The lowest BCUT2D eigenvalue weighted by Crippen LogP contribution is -2.52. The highest BCUT2D eigenvalue weighted by molar-refractivity contribution is 5.76. The smallest absolute Gasteiger partial charge is 0.225 e. The quantitative estimate of drug-likeness (QED) is 0.763. The van der Waals surface area contributed by atoms with E-state index in [4.69, 9.17) is 4.74 Å². The van der Waals surface area contributed by atoms with E-state index in [1.54, 1.807) is 0 Å². The van der Waals surface area contributed by atoms with E-state index in [9.17, 15) is 10.1 Å². The Morgan fingerprint density at radius 3 is 2.70 bits per heavy atom. The van der Waals surface area contributed by atoms with Gasteiger partial charge >= 0.3 is 0 Å². The standard InChI is InChI=1S/C15H25N3O2/c1-2-4-13(12-16)17-6-8-18(9-7-17)15(19)11-14-5-3-10-20-14/h13-14H,2-11H2,1H3. The number of hydrogen-bond donors (Lipinski definition) is 0. The van der Waals surface area contributed by atoms with E-state index in [-0.39, 0.29) is 18.1 Å². The topological polar surface area (TPSA) is 56.6 Å². The molecule has 0 spiro atoms. The van der Waals surface area contributed by atoms with Crippen molar-refractivity contribution in [3.05, 3.63) is 0 Å². The molecular formula is C15H25N3O2. The zero-order valence-corrected chi connectivity index (χ0v) is 12.4. The van der Waals surface area contributed by atoms with Crippen molar-refractivity contribution in [2.75, 3.05) is 32.8 Å². The number of piperazine rings is 1. The average molecular weight is 279 g/mol. The zero-order valence-electron chi connectivity index (χ0n) is 12.4. The summed E-state index contributed by atoms with van der Waals surface area (Å²) in [6.07, 6.45) is 4.69. The van der Waals surface area contributed by atoms with Crippen LogP contribution in [0.5, 0.6) is 0 Å². The van der Waals surface area contributed by atoms with Gasteiger partial charge < -0.3 is 9.64 Å². The van der Waals surface area contributed by atoms with Crippen LogP contribution >= 0.6 is 0 Å². The predicted molar refractivity (Wildman–Crippen MR) is 76.1 cm³/mol. The summed E-state index contributed by atoms with van der Waals surface area (Å²) in [5.74, 6) is 0.209. The van der Waals surface area contributed by atoms with E-state index >= 15 is 0 Å². The van der Waals surface area contributed by atoms with Crippen LogP contribution in [0.2, 0.25) is 0 Å². The van der Waals surface area contributed by atoms with Gasteiger partial charge in [0.25, 0.3) is 0 Å². The minimum Gasteiger partial charge on any atom is -0.378 e. The Bertz CT molecular complexity index is 353. The number of nitrogens with zero attached hydrogens (tertiary/aromatic N) is 3. The summed E-state index contributed by atoms with van der Waals surface area (Å²) in [6.45, 7) is 6.02. The lowest BCUT2D eigenvalue weighted by atomic mass is 10.1. The van der Waals surface area contributed by atoms with Gasteiger partial charge in [0, 0.05) is 32.8 Å². The van der Waals surface area contributed by atoms with Gasteiger partial charge in [-0.1, -0.05) is 13.3 Å². The average Bonchev–Trinajstić information content (AvgIpc) is 2.98. The number of rotatable bonds is 5. The van der Waals surface area contributed by atoms with Crippen LogP contribution in [0.25, 0.3) is 0 Å². The normalized spacial score (nSPS) is 25.4. The Morgan fingerprint density at radius 2 is 2.15 bits per heavy atom. The molecule has 0 saturated carbocycles. The second-order valence-electron chi connectivity index (χ2n) is 5.69. The van der Waals surface area contributed by atoms with Crippen molar-refractivity contribution < 1.29 is 9.53 Å². The summed E-state index contributed by atoms with van der Waals surface area (Å²) < 4.78 is 5.52. The number of ether oxygens (including phenoxy) is 1. The van der Waals surface area contributed by atoms with E-state index < -0.39 is 0 Å². The molecule has 5 nitrogen and oxygen atoms in total. The zero-order chi connectivity index (χ0) is 14.4. The number of amides is 1. The monoisotopic (exact) mass is 279 g/mol. The minimum absolute atomic E-state index is 0.00965. The lowest BCUT2D eigenvalue weighted by Gasteiger charge is -2.37. The fourth-order valence-electron chi connectivity index (χ4n) is 3.01. The molecule has 2 atom stereocenters. The minimum atomic E-state index is 0.00965. The largest absolute Gasteiger partial charge is 0.378 e. The molecule has 2 aliphatic rings. The molecule has 0 aromatic heterocycles. The van der Waals surface area contributed by atoms with Crippen LogP contribution in [0.1, 0.15) is 39.0 Å². The first-order valence-electron chi connectivity index (χ1n) is 7.77. The molecule has 0 aliphatic carbocycles. The fraction of sp³-hybridized carbons (Fsp3) is 0.867. The lowest BCUT2D eigenvalue weighted by molar-refractivity contribution is -0.135. The molecule has 2 heterocycles. The molecule has 2 saturated heterocycles. The Labute approximate surface area is 121 Å². The van der Waals surface area contributed by atoms with E-state index in [1.807, 2.05) is 4.90 Å². The van der Waals surface area contributed by atoms with Crippen molar-refractivity contribution >= 4 is 5.91 Å². The third-order valence-corrected chi connectivity index (χ3v) is 4.25. The molecule has 2 fully saturated rings. The molecule has 2 rings (SSSR count). The van der Waals surface area contributed by atoms with E-state index in [1.165, 1.54) is 0 Å². The van der Waals surface area contributed by atoms with Gasteiger partial charge in [-0.25, -0.2) is 0 Å². The van der Waals surface area contributed by atoms with Crippen molar-refractivity contribution in [3.8, 4) is 6.07 Å². The van der Waals surface area contributed by atoms with Crippen molar-refractivity contribution in [1.29, 1.82) is 5.26 Å². The highest BCUT2D eigenvalue weighted by Crippen LogP contribution is 2.17. The van der Waals surface area contributed by atoms with Crippen molar-refractivity contribution in [3.63, 3.8) is 0 Å². The molecule has 0 bridgehead atoms. The van der Waals surface area contributed by atoms with Crippen LogP contribution < -0.4 is 0 Å². The van der Waals surface area contributed by atoms with Gasteiger partial charge in [-0.2, -0.15) is 5.26 Å². The summed E-state index contributed by atoms with van der Waals surface area (Å²) in [6, 6.07) is 2.39. The first kappa shape index (κ1) is 15.3. The maximum Gasteiger partial charge on any atom is 0.225 e. The second kappa shape index (κ2) is 7.61. The molecule has 2 unspecified atom stereocenters. The fourth-order valence-corrected chi connectivity index (χ4v) is 3.01. The number of nitriles is 1. The molecule has 5 heteroatoms. The van der Waals surface area contributed by atoms with Crippen LogP contribution in [0.4, 0.5) is 0 Å². The number of carbonyl (C=O) groups excluding carboxylic acids is 1. The SMILES string of the molecule is CCCC(C#N)N1CCN(C(=O)CC2CCCO2)CC1. The Hall–Kier alpha value is -1.12. The predicted octanol–water partition coefficient (Wildman–Crippen LogP) is 1.39. The van der Waals surface area contributed by atoms with Gasteiger partial charge in [-0.15, -0.1) is 0 Å². The molecule has 0 radical (unpaired) electrons. The number of carbonyl (C=O) groups is 1. The van der Waals surface area contributed by atoms with Crippen molar-refractivity contribution in [2.45, 2.75) is 51.2 Å². The first-order valence-corrected chi connectivity index (χ1v) is 7.77. The van der Waals surface area contributed by atoms with Crippen LogP contribution in [0.15, 0.2) is 0 Å². The van der Waals surface area contributed by atoms with Gasteiger partial charge in [-0.05, 0) is 19.3 Å². The molecule has 0 aromatic rings. The maximum absolute atomic E-state index is 12.2. The Morgan fingerprint density at radius 1 is 1.40 bits per heavy atom. The van der Waals surface area contributed by atoms with Crippen LogP contribution in [0, 0.1) is 11.3 Å². The van der Waals surface area contributed by atoms with Gasteiger partial charge in [-0.3, -0.25) is 9.69 Å². The van der Waals surface area contributed by atoms with Gasteiger partial charge in [0.2, 0.25) is 5.91 Å². The molecule has 20 heavy (non-hydrogen) atoms. The van der Waals surface area contributed by atoms with Gasteiger partial charge in [0.15, 0.2) is 0 Å². The van der Waals surface area contributed by atoms with E-state index in [2.05, 4.69) is 17.9 Å². The highest BCUT2D eigenvalue weighted by atomic mass is 16.5. The molecule has 112 valence electrons. The molecule has 0 aromatic carbocycles. The summed E-state index contributed by atoms with van der Waals surface area (Å²) in [5.41, 5.74) is 0. The van der Waals surface area contributed by atoms with E-state index in [0.29, 0.717) is 6.42 Å². The Balaban J connectivity index is 1.75. The molecular weight excluding hydrogens is 254 g/mol. The second-order valence-corrected chi connectivity index (χ2v) is 5.69. The van der Waals surface area contributed by atoms with Crippen LogP contribution in [-0.2, 0) is 9.53 Å². The summed E-state index contributed by atoms with van der Waals surface area (Å²) in [7, 11) is 0. The molecule has 1 amide bonds. The summed E-state index contributed by atoms with van der Waals surface area (Å²) >= 11 is 0. The summed E-state index contributed by atoms with van der Waals surface area (Å²) in [5, 5.41) is 9.19. The first-order chi connectivity index (χ1) is 9.74. The van der Waals surface area contributed by atoms with E-state index in [0.717, 1.165) is 58.5 Å². The molecule has 2 aliphatic heterocycles. The van der Waals surface area contributed by atoms with Crippen molar-refractivity contribution in [2.24, 2.45) is 0 Å². The van der Waals surface area contributed by atoms with Crippen LogP contribution in [0.3, 0.4) is 0 Å². The third-order valence-electron chi connectivity index (χ3n) is 4.25. The van der Waals surface area contributed by atoms with Crippen LogP contribution in [-0.4, -0.2) is 60.6 Å².